The van der Waals surface area contributed by atoms with Gasteiger partial charge in [0.2, 0.25) is 5.91 Å². The number of carbonyl (C=O) groups excluding carboxylic acids is 1. The number of amides is 1. The maximum Gasteiger partial charge on any atom is 0.248 e. The van der Waals surface area contributed by atoms with Crippen molar-refractivity contribution in [3.8, 4) is 0 Å². The maximum absolute atomic E-state index is 11.3. The fourth-order valence-corrected chi connectivity index (χ4v) is 3.70. The summed E-state index contributed by atoms with van der Waals surface area (Å²) in [6, 6.07) is 21.7. The first kappa shape index (κ1) is 21.4. The number of benzene rings is 3. The zero-order valence-electron chi connectivity index (χ0n) is 16.4. The average molecular weight is 427 g/mol. The van der Waals surface area contributed by atoms with Gasteiger partial charge in [0.1, 0.15) is 0 Å². The molecule has 0 radical (unpaired) electrons. The van der Waals surface area contributed by atoms with Crippen LogP contribution in [0.5, 0.6) is 0 Å². The van der Waals surface area contributed by atoms with Crippen molar-refractivity contribution in [1.29, 1.82) is 0 Å². The monoisotopic (exact) mass is 426 g/mol. The minimum Gasteiger partial charge on any atom is -0.366 e. The molecule has 0 saturated carbocycles. The molecule has 3 aromatic carbocycles. The number of rotatable bonds is 8. The van der Waals surface area contributed by atoms with Crippen molar-refractivity contribution in [3.63, 3.8) is 0 Å². The first-order valence-electron chi connectivity index (χ1n) is 9.51. The van der Waals surface area contributed by atoms with E-state index < -0.39 is 5.91 Å². The molecule has 0 fully saturated rings. The molecule has 150 valence electrons. The van der Waals surface area contributed by atoms with Gasteiger partial charge in [-0.1, -0.05) is 71.2 Å². The van der Waals surface area contributed by atoms with Crippen LogP contribution < -0.4 is 5.73 Å². The molecule has 3 rings (SSSR count). The molecule has 0 aliphatic carbocycles. The van der Waals surface area contributed by atoms with E-state index in [9.17, 15) is 4.79 Å². The molecule has 0 spiro atoms. The number of primary amides is 1. The highest BCUT2D eigenvalue weighted by atomic mass is 35.5. The number of hydrogen-bond acceptors (Lipinski definition) is 2. The smallest absolute Gasteiger partial charge is 0.248 e. The SMILES string of the molecule is Cc1ccc(CN(CCc2ccc(Cl)cc2Cl)Cc2ccc(C(N)=O)cc2)cc1. The van der Waals surface area contributed by atoms with Gasteiger partial charge in [0.25, 0.3) is 0 Å². The number of hydrogen-bond donors (Lipinski definition) is 1. The van der Waals surface area contributed by atoms with Crippen LogP contribution in [-0.2, 0) is 19.5 Å². The van der Waals surface area contributed by atoms with E-state index in [1.807, 2.05) is 24.3 Å². The summed E-state index contributed by atoms with van der Waals surface area (Å²) in [6.45, 7) is 4.51. The Morgan fingerprint density at radius 1 is 0.897 bits per heavy atom. The van der Waals surface area contributed by atoms with E-state index in [0.29, 0.717) is 15.6 Å². The third-order valence-corrected chi connectivity index (χ3v) is 5.47. The van der Waals surface area contributed by atoms with Crippen LogP contribution in [0.1, 0.15) is 32.6 Å². The number of nitrogens with two attached hydrogens (primary N) is 1. The van der Waals surface area contributed by atoms with Crippen molar-refractivity contribution < 1.29 is 4.79 Å². The maximum atomic E-state index is 11.3. The predicted octanol–water partition coefficient (Wildman–Crippen LogP) is 5.65. The van der Waals surface area contributed by atoms with E-state index >= 15 is 0 Å². The van der Waals surface area contributed by atoms with E-state index in [1.54, 1.807) is 18.2 Å². The van der Waals surface area contributed by atoms with Crippen molar-refractivity contribution in [2.75, 3.05) is 6.54 Å². The Balaban J connectivity index is 1.74. The molecular weight excluding hydrogens is 403 g/mol. The second-order valence-corrected chi connectivity index (χ2v) is 8.09. The second-order valence-electron chi connectivity index (χ2n) is 7.24. The number of nitrogens with zero attached hydrogens (tertiary/aromatic N) is 1. The van der Waals surface area contributed by atoms with Gasteiger partial charge in [0, 0.05) is 35.2 Å². The Morgan fingerprint density at radius 2 is 1.48 bits per heavy atom. The van der Waals surface area contributed by atoms with Crippen LogP contribution in [0.2, 0.25) is 10.0 Å². The molecule has 0 saturated heterocycles. The summed E-state index contributed by atoms with van der Waals surface area (Å²) >= 11 is 12.4. The molecular formula is C24H24Cl2N2O. The zero-order chi connectivity index (χ0) is 20.8. The van der Waals surface area contributed by atoms with E-state index in [2.05, 4.69) is 36.1 Å². The van der Waals surface area contributed by atoms with Gasteiger partial charge in [-0.05, 0) is 54.3 Å². The summed E-state index contributed by atoms with van der Waals surface area (Å²) < 4.78 is 0. The normalized spacial score (nSPS) is 11.0. The van der Waals surface area contributed by atoms with Gasteiger partial charge < -0.3 is 5.73 Å². The lowest BCUT2D eigenvalue weighted by Gasteiger charge is -2.23. The molecule has 0 aliphatic heterocycles. The van der Waals surface area contributed by atoms with E-state index in [4.69, 9.17) is 28.9 Å². The molecule has 1 amide bonds. The highest BCUT2D eigenvalue weighted by Crippen LogP contribution is 2.22. The van der Waals surface area contributed by atoms with Crippen LogP contribution in [0.3, 0.4) is 0 Å². The van der Waals surface area contributed by atoms with Crippen LogP contribution in [-0.4, -0.2) is 17.4 Å². The Morgan fingerprint density at radius 3 is 2.03 bits per heavy atom. The molecule has 29 heavy (non-hydrogen) atoms. The lowest BCUT2D eigenvalue weighted by molar-refractivity contribution is 0.100. The quantitative estimate of drug-likeness (QED) is 0.505. The molecule has 0 aliphatic rings. The van der Waals surface area contributed by atoms with E-state index in [0.717, 1.165) is 37.2 Å². The topological polar surface area (TPSA) is 46.3 Å². The van der Waals surface area contributed by atoms with Gasteiger partial charge >= 0.3 is 0 Å². The minimum atomic E-state index is -0.412. The zero-order valence-corrected chi connectivity index (χ0v) is 17.9. The Bertz CT molecular complexity index is 969. The van der Waals surface area contributed by atoms with Crippen LogP contribution in [0, 0.1) is 6.92 Å². The van der Waals surface area contributed by atoms with Crippen molar-refractivity contribution >= 4 is 29.1 Å². The fourth-order valence-electron chi connectivity index (χ4n) is 3.20. The van der Waals surface area contributed by atoms with Gasteiger partial charge in [0.05, 0.1) is 0 Å². The van der Waals surface area contributed by atoms with Crippen LogP contribution in [0.15, 0.2) is 66.7 Å². The van der Waals surface area contributed by atoms with Crippen LogP contribution in [0.25, 0.3) is 0 Å². The predicted molar refractivity (Wildman–Crippen MR) is 120 cm³/mol. The fraction of sp³-hybridized carbons (Fsp3) is 0.208. The molecule has 3 aromatic rings. The van der Waals surface area contributed by atoms with Crippen molar-refractivity contribution in [3.05, 3.63) is 105 Å². The number of aryl methyl sites for hydroxylation is 1. The van der Waals surface area contributed by atoms with Crippen molar-refractivity contribution in [2.24, 2.45) is 5.73 Å². The highest BCUT2D eigenvalue weighted by molar-refractivity contribution is 6.35. The molecule has 3 nitrogen and oxygen atoms in total. The molecule has 0 heterocycles. The Kier molecular flexibility index (Phi) is 7.32. The summed E-state index contributed by atoms with van der Waals surface area (Å²) in [4.78, 5) is 13.7. The Hall–Kier alpha value is -2.33. The van der Waals surface area contributed by atoms with E-state index in [-0.39, 0.29) is 0 Å². The summed E-state index contributed by atoms with van der Waals surface area (Å²) in [6.07, 6.45) is 0.821. The number of halogens is 2. The third-order valence-electron chi connectivity index (χ3n) is 4.88. The number of carbonyl (C=O) groups is 1. The molecule has 0 aromatic heterocycles. The highest BCUT2D eigenvalue weighted by Gasteiger charge is 2.10. The van der Waals surface area contributed by atoms with Gasteiger partial charge in [-0.2, -0.15) is 0 Å². The summed E-state index contributed by atoms with van der Waals surface area (Å²) in [7, 11) is 0. The second kappa shape index (κ2) is 9.93. The molecule has 5 heteroatoms. The van der Waals surface area contributed by atoms with Crippen molar-refractivity contribution in [1.82, 2.24) is 4.90 Å². The van der Waals surface area contributed by atoms with Gasteiger partial charge in [0.15, 0.2) is 0 Å². The largest absolute Gasteiger partial charge is 0.366 e. The van der Waals surface area contributed by atoms with Gasteiger partial charge in [-0.3, -0.25) is 9.69 Å². The lowest BCUT2D eigenvalue weighted by atomic mass is 10.1. The van der Waals surface area contributed by atoms with E-state index in [1.165, 1.54) is 11.1 Å². The van der Waals surface area contributed by atoms with Crippen LogP contribution >= 0.6 is 23.2 Å². The lowest BCUT2D eigenvalue weighted by Crippen LogP contribution is -2.25. The standard InChI is InChI=1S/C24H24Cl2N2O/c1-17-2-4-18(5-3-17)15-28(13-12-20-10-11-22(25)14-23(20)26)16-19-6-8-21(9-7-19)24(27)29/h2-11,14H,12-13,15-16H2,1H3,(H2,27,29). The third kappa shape index (κ3) is 6.33. The summed E-state index contributed by atoms with van der Waals surface area (Å²) in [5.74, 6) is -0.412. The first-order chi connectivity index (χ1) is 13.9. The first-order valence-corrected chi connectivity index (χ1v) is 10.3. The minimum absolute atomic E-state index is 0.412. The molecule has 0 unspecified atom stereocenters. The average Bonchev–Trinajstić information content (AvgIpc) is 2.69. The molecule has 0 bridgehead atoms. The van der Waals surface area contributed by atoms with Crippen LogP contribution in [0.4, 0.5) is 0 Å². The summed E-state index contributed by atoms with van der Waals surface area (Å²) in [5, 5.41) is 1.34. The van der Waals surface area contributed by atoms with Gasteiger partial charge in [-0.15, -0.1) is 0 Å². The van der Waals surface area contributed by atoms with Gasteiger partial charge in [-0.25, -0.2) is 0 Å². The summed E-state index contributed by atoms with van der Waals surface area (Å²) in [5.41, 5.74) is 10.6. The van der Waals surface area contributed by atoms with Crippen molar-refractivity contribution in [2.45, 2.75) is 26.4 Å². The molecule has 0 atom stereocenters. The molecule has 2 N–H and O–H groups in total. The Labute approximate surface area is 182 Å².